The van der Waals surface area contributed by atoms with Crippen LogP contribution in [0.3, 0.4) is 0 Å². The first-order chi connectivity index (χ1) is 15.2. The van der Waals surface area contributed by atoms with Gasteiger partial charge in [0.25, 0.3) is 0 Å². The molecule has 3 aromatic carbocycles. The van der Waals surface area contributed by atoms with Crippen molar-refractivity contribution in [3.05, 3.63) is 83.4 Å². The Bertz CT molecular complexity index is 950. The summed E-state index contributed by atoms with van der Waals surface area (Å²) in [5, 5.41) is 3.48. The first kappa shape index (κ1) is 25.4. The molecule has 0 aliphatic heterocycles. The molecule has 0 saturated heterocycles. The van der Waals surface area contributed by atoms with Crippen molar-refractivity contribution in [3.63, 3.8) is 0 Å². The lowest BCUT2D eigenvalue weighted by Gasteiger charge is -2.13. The fourth-order valence-electron chi connectivity index (χ4n) is 3.37. The van der Waals surface area contributed by atoms with E-state index in [4.69, 9.17) is 18.9 Å². The molecule has 0 unspecified atom stereocenters. The van der Waals surface area contributed by atoms with Gasteiger partial charge in [0.15, 0.2) is 23.0 Å². The van der Waals surface area contributed by atoms with Gasteiger partial charge in [-0.1, -0.05) is 42.5 Å². The number of halogens is 1. The molecular weight excluding hydrogens is 426 g/mol. The van der Waals surface area contributed by atoms with Crippen molar-refractivity contribution in [1.82, 2.24) is 5.32 Å². The number of benzene rings is 3. The number of hydrogen-bond acceptors (Lipinski definition) is 5. The zero-order chi connectivity index (χ0) is 21.9. The maximum atomic E-state index is 5.94. The average molecular weight is 458 g/mol. The van der Waals surface area contributed by atoms with Crippen LogP contribution in [0.4, 0.5) is 0 Å². The number of rotatable bonds is 12. The first-order valence-electron chi connectivity index (χ1n) is 10.5. The molecule has 0 fully saturated rings. The molecule has 0 heterocycles. The molecule has 0 bridgehead atoms. The molecule has 0 radical (unpaired) electrons. The third-order valence-electron chi connectivity index (χ3n) is 5.09. The predicted molar refractivity (Wildman–Crippen MR) is 131 cm³/mol. The number of hydrogen-bond donors (Lipinski definition) is 1. The van der Waals surface area contributed by atoms with Crippen molar-refractivity contribution in [1.29, 1.82) is 0 Å². The van der Waals surface area contributed by atoms with Crippen molar-refractivity contribution in [2.45, 2.75) is 19.4 Å². The van der Waals surface area contributed by atoms with Crippen LogP contribution in [0.15, 0.2) is 66.7 Å². The summed E-state index contributed by atoms with van der Waals surface area (Å²) in [6.45, 7) is 2.23. The number of ether oxygens (including phenoxy) is 4. The van der Waals surface area contributed by atoms with E-state index in [1.165, 1.54) is 11.1 Å². The second-order valence-electron chi connectivity index (χ2n) is 7.19. The molecular formula is C26H32ClNO4. The highest BCUT2D eigenvalue weighted by Crippen LogP contribution is 2.29. The molecule has 0 saturated carbocycles. The van der Waals surface area contributed by atoms with Crippen LogP contribution in [0.5, 0.6) is 23.0 Å². The fourth-order valence-corrected chi connectivity index (χ4v) is 3.37. The average Bonchev–Trinajstić information content (AvgIpc) is 2.82. The Kier molecular flexibility index (Phi) is 10.7. The van der Waals surface area contributed by atoms with Gasteiger partial charge in [0, 0.05) is 13.0 Å². The van der Waals surface area contributed by atoms with Gasteiger partial charge >= 0.3 is 0 Å². The normalized spacial score (nSPS) is 10.2. The molecule has 32 heavy (non-hydrogen) atoms. The maximum Gasteiger partial charge on any atom is 0.161 e. The Balaban J connectivity index is 0.00000363. The molecule has 0 aliphatic rings. The van der Waals surface area contributed by atoms with Gasteiger partial charge in [0.1, 0.15) is 0 Å². The van der Waals surface area contributed by atoms with Crippen LogP contribution in [-0.2, 0) is 19.4 Å². The van der Waals surface area contributed by atoms with Gasteiger partial charge in [-0.05, 0) is 53.9 Å². The zero-order valence-corrected chi connectivity index (χ0v) is 19.7. The van der Waals surface area contributed by atoms with Gasteiger partial charge < -0.3 is 24.3 Å². The largest absolute Gasteiger partial charge is 0.493 e. The van der Waals surface area contributed by atoms with Crippen molar-refractivity contribution in [2.75, 3.05) is 34.5 Å². The third-order valence-corrected chi connectivity index (χ3v) is 5.09. The monoisotopic (exact) mass is 457 g/mol. The number of nitrogens with one attached hydrogen (secondary N) is 1. The zero-order valence-electron chi connectivity index (χ0n) is 18.9. The van der Waals surface area contributed by atoms with E-state index in [1.54, 1.807) is 21.3 Å². The molecule has 0 aliphatic carbocycles. The highest BCUT2D eigenvalue weighted by molar-refractivity contribution is 5.85. The van der Waals surface area contributed by atoms with Crippen LogP contribution in [0.2, 0.25) is 0 Å². The predicted octanol–water partition coefficient (Wildman–Crippen LogP) is 5.09. The Labute approximate surface area is 197 Å². The minimum Gasteiger partial charge on any atom is -0.493 e. The minimum absolute atomic E-state index is 0. The van der Waals surface area contributed by atoms with Crippen LogP contribution in [0, 0.1) is 0 Å². The quantitative estimate of drug-likeness (QED) is 0.384. The Morgan fingerprint density at radius 3 is 1.97 bits per heavy atom. The van der Waals surface area contributed by atoms with E-state index in [2.05, 4.69) is 29.6 Å². The second kappa shape index (κ2) is 13.5. The summed E-state index contributed by atoms with van der Waals surface area (Å²) < 4.78 is 22.1. The Hall–Kier alpha value is -2.89. The van der Waals surface area contributed by atoms with Crippen molar-refractivity contribution < 1.29 is 18.9 Å². The molecule has 6 heteroatoms. The summed E-state index contributed by atoms with van der Waals surface area (Å²) in [6.07, 6.45) is 1.77. The topological polar surface area (TPSA) is 49.0 Å². The molecule has 0 amide bonds. The molecule has 3 rings (SSSR count). The van der Waals surface area contributed by atoms with E-state index in [9.17, 15) is 0 Å². The van der Waals surface area contributed by atoms with Crippen LogP contribution in [0.1, 0.15) is 16.7 Å². The highest BCUT2D eigenvalue weighted by atomic mass is 35.5. The van der Waals surface area contributed by atoms with Crippen molar-refractivity contribution >= 4 is 12.4 Å². The molecule has 1 N–H and O–H groups in total. The van der Waals surface area contributed by atoms with Crippen LogP contribution < -0.4 is 24.3 Å². The first-order valence-corrected chi connectivity index (χ1v) is 10.5. The fraction of sp³-hybridized carbons (Fsp3) is 0.308. The van der Waals surface area contributed by atoms with E-state index in [0.717, 1.165) is 54.5 Å². The summed E-state index contributed by atoms with van der Waals surface area (Å²) in [5.74, 6) is 3.03. The lowest BCUT2D eigenvalue weighted by molar-refractivity contribution is 0.297. The maximum absolute atomic E-state index is 5.94. The van der Waals surface area contributed by atoms with Gasteiger partial charge in [-0.3, -0.25) is 0 Å². The van der Waals surface area contributed by atoms with E-state index in [0.29, 0.717) is 6.61 Å². The second-order valence-corrected chi connectivity index (χ2v) is 7.19. The van der Waals surface area contributed by atoms with Gasteiger partial charge in [0.2, 0.25) is 0 Å². The van der Waals surface area contributed by atoms with Crippen LogP contribution in [-0.4, -0.2) is 34.5 Å². The van der Waals surface area contributed by atoms with Gasteiger partial charge in [-0.2, -0.15) is 0 Å². The molecule has 0 spiro atoms. The summed E-state index contributed by atoms with van der Waals surface area (Å²) in [7, 11) is 4.98. The summed E-state index contributed by atoms with van der Waals surface area (Å²) >= 11 is 0. The molecule has 0 aromatic heterocycles. The minimum atomic E-state index is 0. The Morgan fingerprint density at radius 2 is 1.25 bits per heavy atom. The van der Waals surface area contributed by atoms with Gasteiger partial charge in [-0.15, -0.1) is 12.4 Å². The summed E-state index contributed by atoms with van der Waals surface area (Å²) in [6, 6.07) is 22.4. The van der Waals surface area contributed by atoms with Gasteiger partial charge in [-0.25, -0.2) is 0 Å². The Morgan fingerprint density at radius 1 is 0.625 bits per heavy atom. The summed E-state index contributed by atoms with van der Waals surface area (Å²) in [4.78, 5) is 0. The van der Waals surface area contributed by atoms with Gasteiger partial charge in [0.05, 0.1) is 27.9 Å². The lowest BCUT2D eigenvalue weighted by atomic mass is 10.1. The van der Waals surface area contributed by atoms with E-state index < -0.39 is 0 Å². The lowest BCUT2D eigenvalue weighted by Crippen LogP contribution is -2.16. The van der Waals surface area contributed by atoms with Crippen molar-refractivity contribution in [2.24, 2.45) is 0 Å². The highest BCUT2D eigenvalue weighted by Gasteiger charge is 2.07. The van der Waals surface area contributed by atoms with Crippen molar-refractivity contribution in [3.8, 4) is 23.0 Å². The van der Waals surface area contributed by atoms with Crippen LogP contribution >= 0.6 is 12.4 Å². The van der Waals surface area contributed by atoms with E-state index in [-0.39, 0.29) is 12.4 Å². The summed E-state index contributed by atoms with van der Waals surface area (Å²) in [5.41, 5.74) is 3.61. The third kappa shape index (κ3) is 7.36. The standard InChI is InChI=1S/C26H31NO4.ClH/c1-28-23-11-9-21(17-25(23)29-2)13-15-27-19-22-10-12-24(26(18-22)30-3)31-16-14-20-7-5-4-6-8-20;/h4-12,17-18,27H,13-16,19H2,1-3H3;1H. The SMILES string of the molecule is COc1ccc(CCNCc2ccc(OCCc3ccccc3)c(OC)c2)cc1OC.Cl. The molecule has 3 aromatic rings. The molecule has 0 atom stereocenters. The molecule has 5 nitrogen and oxygen atoms in total. The molecule has 172 valence electrons. The van der Waals surface area contributed by atoms with E-state index >= 15 is 0 Å². The van der Waals surface area contributed by atoms with E-state index in [1.807, 2.05) is 42.5 Å². The number of methoxy groups -OCH3 is 3. The van der Waals surface area contributed by atoms with Crippen LogP contribution in [0.25, 0.3) is 0 Å². The smallest absolute Gasteiger partial charge is 0.161 e.